The maximum atomic E-state index is 6.06. The highest BCUT2D eigenvalue weighted by Crippen LogP contribution is 2.37. The number of nitrogens with zero attached hydrogens (tertiary/aromatic N) is 5. The molecule has 0 spiro atoms. The summed E-state index contributed by atoms with van der Waals surface area (Å²) in [6.45, 7) is 3.23. The van der Waals surface area contributed by atoms with E-state index in [2.05, 4.69) is 36.8 Å². The van der Waals surface area contributed by atoms with Crippen molar-refractivity contribution in [3.05, 3.63) is 42.0 Å². The van der Waals surface area contributed by atoms with Crippen LogP contribution in [0.15, 0.2) is 24.9 Å². The van der Waals surface area contributed by atoms with Gasteiger partial charge in [0.05, 0.1) is 30.8 Å². The minimum Gasteiger partial charge on any atom is -0.374 e. The van der Waals surface area contributed by atoms with Crippen molar-refractivity contribution < 1.29 is 4.74 Å². The Hall–Kier alpha value is -1.83. The zero-order chi connectivity index (χ0) is 17.2. The number of rotatable bonds is 6. The average Bonchev–Trinajstić information content (AvgIpc) is 3.38. The molecule has 0 aromatic carbocycles. The lowest BCUT2D eigenvalue weighted by atomic mass is 10.0. The van der Waals surface area contributed by atoms with Gasteiger partial charge in [0.25, 0.3) is 0 Å². The van der Waals surface area contributed by atoms with E-state index in [0.717, 1.165) is 37.6 Å². The number of aryl methyl sites for hydroxylation is 1. The van der Waals surface area contributed by atoms with Crippen LogP contribution in [-0.2, 0) is 18.3 Å². The van der Waals surface area contributed by atoms with Gasteiger partial charge in [0.1, 0.15) is 5.82 Å². The maximum Gasteiger partial charge on any atom is 0.131 e. The van der Waals surface area contributed by atoms with E-state index in [-0.39, 0.29) is 12.1 Å². The summed E-state index contributed by atoms with van der Waals surface area (Å²) in [5.74, 6) is 1.60. The van der Waals surface area contributed by atoms with E-state index < -0.39 is 0 Å². The summed E-state index contributed by atoms with van der Waals surface area (Å²) in [5, 5.41) is 3.51. The van der Waals surface area contributed by atoms with Gasteiger partial charge in [-0.15, -0.1) is 0 Å². The molecule has 4 rings (SSSR count). The number of morpholine rings is 1. The van der Waals surface area contributed by atoms with Gasteiger partial charge >= 0.3 is 0 Å². The summed E-state index contributed by atoms with van der Waals surface area (Å²) >= 11 is 0. The molecule has 2 fully saturated rings. The fourth-order valence-electron chi connectivity index (χ4n) is 3.47. The third-order valence-corrected chi connectivity index (χ3v) is 5.10. The molecular weight excluding hydrogens is 316 g/mol. The van der Waals surface area contributed by atoms with E-state index in [1.807, 2.05) is 32.0 Å². The molecule has 2 aromatic heterocycles. The van der Waals surface area contributed by atoms with Gasteiger partial charge in [0, 0.05) is 56.8 Å². The van der Waals surface area contributed by atoms with Gasteiger partial charge in [-0.2, -0.15) is 0 Å². The number of nitrogens with one attached hydrogen (secondary N) is 1. The van der Waals surface area contributed by atoms with Crippen molar-refractivity contribution in [3.63, 3.8) is 0 Å². The molecule has 1 aliphatic heterocycles. The fraction of sp³-hybridized carbons (Fsp3) is 0.611. The summed E-state index contributed by atoms with van der Waals surface area (Å²) in [5.41, 5.74) is 2.30. The van der Waals surface area contributed by atoms with Crippen LogP contribution < -0.4 is 5.32 Å². The van der Waals surface area contributed by atoms with Crippen molar-refractivity contribution in [2.75, 3.05) is 26.7 Å². The maximum absolute atomic E-state index is 6.06. The highest BCUT2D eigenvalue weighted by molar-refractivity contribution is 5.11. The second-order valence-electron chi connectivity index (χ2n) is 7.12. The second-order valence-corrected chi connectivity index (χ2v) is 7.12. The molecule has 25 heavy (non-hydrogen) atoms. The van der Waals surface area contributed by atoms with Crippen molar-refractivity contribution in [3.8, 4) is 0 Å². The van der Waals surface area contributed by atoms with Gasteiger partial charge in [-0.3, -0.25) is 4.90 Å². The van der Waals surface area contributed by atoms with E-state index in [9.17, 15) is 0 Å². The predicted octanol–water partition coefficient (Wildman–Crippen LogP) is 1.25. The zero-order valence-electron chi connectivity index (χ0n) is 14.9. The molecule has 1 saturated heterocycles. The third kappa shape index (κ3) is 3.73. The molecule has 7 nitrogen and oxygen atoms in total. The summed E-state index contributed by atoms with van der Waals surface area (Å²) in [4.78, 5) is 15.6. The van der Waals surface area contributed by atoms with Crippen LogP contribution in [0, 0.1) is 0 Å². The number of likely N-dealkylation sites (N-methyl/N-ethyl adjacent to an activating group) is 1. The number of imidazole rings is 1. The molecule has 3 heterocycles. The Bertz CT molecular complexity index is 696. The zero-order valence-corrected chi connectivity index (χ0v) is 14.9. The smallest absolute Gasteiger partial charge is 0.131 e. The summed E-state index contributed by atoms with van der Waals surface area (Å²) in [7, 11) is 4.19. The average molecular weight is 342 g/mol. The third-order valence-electron chi connectivity index (χ3n) is 5.10. The van der Waals surface area contributed by atoms with Crippen molar-refractivity contribution in [1.29, 1.82) is 0 Å². The highest BCUT2D eigenvalue weighted by atomic mass is 16.5. The van der Waals surface area contributed by atoms with Crippen molar-refractivity contribution in [2.45, 2.75) is 37.5 Å². The molecule has 0 unspecified atom stereocenters. The lowest BCUT2D eigenvalue weighted by Crippen LogP contribution is -2.47. The Kier molecular flexibility index (Phi) is 4.78. The highest BCUT2D eigenvalue weighted by Gasteiger charge is 2.33. The summed E-state index contributed by atoms with van der Waals surface area (Å²) in [6, 6.07) is 0.210. The van der Waals surface area contributed by atoms with Crippen LogP contribution in [0.1, 0.15) is 41.9 Å². The first-order chi connectivity index (χ1) is 12.2. The molecule has 1 aliphatic carbocycles. The van der Waals surface area contributed by atoms with Gasteiger partial charge in [-0.1, -0.05) is 0 Å². The lowest BCUT2D eigenvalue weighted by molar-refractivity contribution is -0.0636. The topological polar surface area (TPSA) is 68.1 Å². The standard InChI is InChI=1S/C18H26N6O/c1-23-5-6-25-16(17(23)15-10-20-12-24(15)2)11-19-7-13-8-21-18(22-9-13)14-3-4-14/h8-10,12,14,16-17,19H,3-7,11H2,1-2H3/t16-,17-/m0/s1. The second kappa shape index (κ2) is 7.19. The first-order valence-electron chi connectivity index (χ1n) is 9.02. The van der Waals surface area contributed by atoms with Crippen LogP contribution in [-0.4, -0.2) is 57.3 Å². The van der Waals surface area contributed by atoms with Gasteiger partial charge in [0.15, 0.2) is 0 Å². The molecule has 2 atom stereocenters. The molecule has 0 bridgehead atoms. The minimum atomic E-state index is 0.0980. The van der Waals surface area contributed by atoms with Crippen molar-refractivity contribution >= 4 is 0 Å². The van der Waals surface area contributed by atoms with E-state index in [1.165, 1.54) is 18.5 Å². The van der Waals surface area contributed by atoms with E-state index >= 15 is 0 Å². The SMILES string of the molecule is CN1CCO[C@@H](CNCc2cnc(C3CC3)nc2)[C@@H]1c1cncn1C. The Morgan fingerprint density at radius 2 is 2.00 bits per heavy atom. The molecule has 1 saturated carbocycles. The van der Waals surface area contributed by atoms with Crippen LogP contribution in [0.25, 0.3) is 0 Å². The molecule has 0 radical (unpaired) electrons. The van der Waals surface area contributed by atoms with E-state index in [4.69, 9.17) is 4.74 Å². The minimum absolute atomic E-state index is 0.0980. The van der Waals surface area contributed by atoms with Crippen LogP contribution in [0.2, 0.25) is 0 Å². The van der Waals surface area contributed by atoms with Crippen molar-refractivity contribution in [1.82, 2.24) is 29.7 Å². The normalized spacial score (nSPS) is 24.6. The molecule has 1 N–H and O–H groups in total. The molecule has 134 valence electrons. The van der Waals surface area contributed by atoms with E-state index in [0.29, 0.717) is 5.92 Å². The van der Waals surface area contributed by atoms with Gasteiger partial charge in [-0.25, -0.2) is 15.0 Å². The largest absolute Gasteiger partial charge is 0.374 e. The number of ether oxygens (including phenoxy) is 1. The predicted molar refractivity (Wildman–Crippen MR) is 94.0 cm³/mol. The Morgan fingerprint density at radius 3 is 2.68 bits per heavy atom. The number of aromatic nitrogens is 4. The molecular formula is C18H26N6O. The Morgan fingerprint density at radius 1 is 1.20 bits per heavy atom. The summed E-state index contributed by atoms with van der Waals surface area (Å²) < 4.78 is 8.14. The number of hydrogen-bond donors (Lipinski definition) is 1. The monoisotopic (exact) mass is 342 g/mol. The quantitative estimate of drug-likeness (QED) is 0.852. The van der Waals surface area contributed by atoms with Crippen molar-refractivity contribution in [2.24, 2.45) is 7.05 Å². The molecule has 2 aromatic rings. The van der Waals surface area contributed by atoms with Crippen LogP contribution in [0.5, 0.6) is 0 Å². The lowest BCUT2D eigenvalue weighted by Gasteiger charge is -2.39. The Balaban J connectivity index is 1.36. The molecule has 0 amide bonds. The van der Waals surface area contributed by atoms with Gasteiger partial charge < -0.3 is 14.6 Å². The molecule has 2 aliphatic rings. The van der Waals surface area contributed by atoms with Gasteiger partial charge in [0.2, 0.25) is 0 Å². The Labute approximate surface area is 148 Å². The fourth-order valence-corrected chi connectivity index (χ4v) is 3.47. The van der Waals surface area contributed by atoms with Crippen LogP contribution in [0.4, 0.5) is 0 Å². The first-order valence-corrected chi connectivity index (χ1v) is 9.02. The number of hydrogen-bond acceptors (Lipinski definition) is 6. The van der Waals surface area contributed by atoms with Gasteiger partial charge in [-0.05, 0) is 19.9 Å². The first kappa shape index (κ1) is 16.6. The molecule has 7 heteroatoms. The van der Waals surface area contributed by atoms with Crippen LogP contribution in [0.3, 0.4) is 0 Å². The summed E-state index contributed by atoms with van der Waals surface area (Å²) in [6.07, 6.45) is 10.2. The van der Waals surface area contributed by atoms with E-state index in [1.54, 1.807) is 0 Å². The van der Waals surface area contributed by atoms with Crippen LogP contribution >= 0.6 is 0 Å².